The molecule has 4 heteroatoms. The molecule has 2 atom stereocenters. The fraction of sp³-hybridized carbons (Fsp3) is 0.571. The molecule has 102 valence electrons. The van der Waals surface area contributed by atoms with Crippen LogP contribution in [-0.2, 0) is 4.74 Å². The Balaban J connectivity index is 3.17. The molecule has 0 aliphatic rings. The second-order valence-corrected chi connectivity index (χ2v) is 4.60. The molecule has 0 aliphatic heterocycles. The molecule has 1 aromatic carbocycles. The zero-order valence-electron chi connectivity index (χ0n) is 11.3. The number of aliphatic hydroxyl groups is 1. The SMILES string of the molecule is CCOC(C)(CC)C(O)c1ccc(C)c(F)c1F. The summed E-state index contributed by atoms with van der Waals surface area (Å²) >= 11 is 0. The van der Waals surface area contributed by atoms with Gasteiger partial charge in [0, 0.05) is 12.2 Å². The molecule has 1 N–H and O–H groups in total. The lowest BCUT2D eigenvalue weighted by molar-refractivity contribution is -0.114. The summed E-state index contributed by atoms with van der Waals surface area (Å²) in [6, 6.07) is 2.87. The first-order valence-corrected chi connectivity index (χ1v) is 6.13. The van der Waals surface area contributed by atoms with Gasteiger partial charge in [-0.25, -0.2) is 8.78 Å². The Hall–Kier alpha value is -1.00. The molecule has 0 heterocycles. The zero-order chi connectivity index (χ0) is 13.9. The van der Waals surface area contributed by atoms with Gasteiger partial charge in [0.1, 0.15) is 6.10 Å². The summed E-state index contributed by atoms with van der Waals surface area (Å²) in [6.45, 7) is 7.21. The molecule has 0 radical (unpaired) electrons. The molecule has 0 bridgehead atoms. The van der Waals surface area contributed by atoms with Crippen LogP contribution in [0.15, 0.2) is 12.1 Å². The van der Waals surface area contributed by atoms with Crippen LogP contribution in [0.5, 0.6) is 0 Å². The minimum atomic E-state index is -1.20. The van der Waals surface area contributed by atoms with Crippen LogP contribution in [0.25, 0.3) is 0 Å². The van der Waals surface area contributed by atoms with E-state index in [9.17, 15) is 13.9 Å². The summed E-state index contributed by atoms with van der Waals surface area (Å²) in [6.07, 6.45) is -0.700. The van der Waals surface area contributed by atoms with E-state index in [-0.39, 0.29) is 11.1 Å². The van der Waals surface area contributed by atoms with Crippen molar-refractivity contribution in [2.75, 3.05) is 6.61 Å². The lowest BCUT2D eigenvalue weighted by Crippen LogP contribution is -2.36. The fourth-order valence-electron chi connectivity index (χ4n) is 1.91. The van der Waals surface area contributed by atoms with E-state index in [1.54, 1.807) is 13.8 Å². The van der Waals surface area contributed by atoms with E-state index in [1.807, 2.05) is 6.92 Å². The third-order valence-electron chi connectivity index (χ3n) is 3.35. The highest BCUT2D eigenvalue weighted by Gasteiger charge is 2.35. The molecule has 0 fully saturated rings. The number of halogens is 2. The van der Waals surface area contributed by atoms with Gasteiger partial charge in [-0.15, -0.1) is 0 Å². The average molecular weight is 258 g/mol. The first-order valence-electron chi connectivity index (χ1n) is 6.13. The Morgan fingerprint density at radius 2 is 1.89 bits per heavy atom. The Labute approximate surface area is 107 Å². The highest BCUT2D eigenvalue weighted by Crippen LogP contribution is 2.34. The fourth-order valence-corrected chi connectivity index (χ4v) is 1.91. The van der Waals surface area contributed by atoms with Gasteiger partial charge in [0.05, 0.1) is 5.60 Å². The van der Waals surface area contributed by atoms with E-state index in [4.69, 9.17) is 4.74 Å². The molecule has 0 aromatic heterocycles. The number of hydrogen-bond acceptors (Lipinski definition) is 2. The van der Waals surface area contributed by atoms with Gasteiger partial charge in [0.15, 0.2) is 11.6 Å². The van der Waals surface area contributed by atoms with Crippen molar-refractivity contribution in [3.05, 3.63) is 34.9 Å². The topological polar surface area (TPSA) is 29.5 Å². The quantitative estimate of drug-likeness (QED) is 0.875. The number of hydrogen-bond donors (Lipinski definition) is 1. The maximum Gasteiger partial charge on any atom is 0.164 e. The molecule has 2 nitrogen and oxygen atoms in total. The maximum atomic E-state index is 13.8. The lowest BCUT2D eigenvalue weighted by atomic mass is 9.89. The predicted octanol–water partition coefficient (Wildman–Crippen LogP) is 3.51. The van der Waals surface area contributed by atoms with Gasteiger partial charge < -0.3 is 9.84 Å². The van der Waals surface area contributed by atoms with Gasteiger partial charge in [0.2, 0.25) is 0 Å². The van der Waals surface area contributed by atoms with Crippen LogP contribution < -0.4 is 0 Å². The van der Waals surface area contributed by atoms with Crippen molar-refractivity contribution in [1.82, 2.24) is 0 Å². The Kier molecular flexibility index (Phi) is 4.82. The smallest absolute Gasteiger partial charge is 0.164 e. The summed E-state index contributed by atoms with van der Waals surface area (Å²) in [7, 11) is 0. The summed E-state index contributed by atoms with van der Waals surface area (Å²) in [5.74, 6) is -1.91. The maximum absolute atomic E-state index is 13.8. The number of rotatable bonds is 5. The number of aliphatic hydroxyl groups excluding tert-OH is 1. The summed E-state index contributed by atoms with van der Waals surface area (Å²) in [4.78, 5) is 0. The van der Waals surface area contributed by atoms with Crippen molar-refractivity contribution < 1.29 is 18.6 Å². The lowest BCUT2D eigenvalue weighted by Gasteiger charge is -2.33. The third kappa shape index (κ3) is 2.70. The van der Waals surface area contributed by atoms with Gasteiger partial charge in [-0.05, 0) is 32.8 Å². The summed E-state index contributed by atoms with van der Waals surface area (Å²) < 4.78 is 32.8. The summed E-state index contributed by atoms with van der Waals surface area (Å²) in [5, 5.41) is 10.2. The molecule has 0 aliphatic carbocycles. The van der Waals surface area contributed by atoms with Crippen molar-refractivity contribution in [1.29, 1.82) is 0 Å². The largest absolute Gasteiger partial charge is 0.385 e. The molecule has 0 spiro atoms. The second-order valence-electron chi connectivity index (χ2n) is 4.60. The van der Waals surface area contributed by atoms with Crippen LogP contribution in [0.1, 0.15) is 44.4 Å². The molecule has 1 aromatic rings. The van der Waals surface area contributed by atoms with E-state index < -0.39 is 23.3 Å². The minimum absolute atomic E-state index is 0.0594. The van der Waals surface area contributed by atoms with Crippen molar-refractivity contribution >= 4 is 0 Å². The van der Waals surface area contributed by atoms with Gasteiger partial charge in [-0.2, -0.15) is 0 Å². The van der Waals surface area contributed by atoms with Crippen molar-refractivity contribution in [2.24, 2.45) is 0 Å². The number of benzene rings is 1. The van der Waals surface area contributed by atoms with Crippen LogP contribution in [0.2, 0.25) is 0 Å². The predicted molar refractivity (Wildman–Crippen MR) is 66.4 cm³/mol. The summed E-state index contributed by atoms with van der Waals surface area (Å²) in [5.41, 5.74) is -0.758. The first-order chi connectivity index (χ1) is 8.37. The Bertz CT molecular complexity index is 421. The monoisotopic (exact) mass is 258 g/mol. The van der Waals surface area contributed by atoms with Crippen LogP contribution in [0.4, 0.5) is 8.78 Å². The molecule has 18 heavy (non-hydrogen) atoms. The Morgan fingerprint density at radius 1 is 1.28 bits per heavy atom. The zero-order valence-corrected chi connectivity index (χ0v) is 11.3. The van der Waals surface area contributed by atoms with Gasteiger partial charge in [0.25, 0.3) is 0 Å². The van der Waals surface area contributed by atoms with Gasteiger partial charge >= 0.3 is 0 Å². The van der Waals surface area contributed by atoms with E-state index >= 15 is 0 Å². The van der Waals surface area contributed by atoms with Gasteiger partial charge in [-0.1, -0.05) is 19.1 Å². The third-order valence-corrected chi connectivity index (χ3v) is 3.35. The van der Waals surface area contributed by atoms with E-state index in [1.165, 1.54) is 19.1 Å². The highest BCUT2D eigenvalue weighted by molar-refractivity contribution is 5.28. The standard InChI is InChI=1S/C14H20F2O2/c1-5-14(4,18-6-2)13(17)10-8-7-9(3)11(15)12(10)16/h7-8,13,17H,5-6H2,1-4H3. The average Bonchev–Trinajstić information content (AvgIpc) is 2.35. The molecular formula is C14H20F2O2. The van der Waals surface area contributed by atoms with Crippen LogP contribution in [0, 0.1) is 18.6 Å². The van der Waals surface area contributed by atoms with Crippen molar-refractivity contribution in [3.63, 3.8) is 0 Å². The van der Waals surface area contributed by atoms with Gasteiger partial charge in [-0.3, -0.25) is 0 Å². The second kappa shape index (κ2) is 5.76. The minimum Gasteiger partial charge on any atom is -0.385 e. The van der Waals surface area contributed by atoms with Crippen LogP contribution >= 0.6 is 0 Å². The van der Waals surface area contributed by atoms with E-state index in [2.05, 4.69) is 0 Å². The van der Waals surface area contributed by atoms with Crippen molar-refractivity contribution in [2.45, 2.75) is 45.8 Å². The first kappa shape index (κ1) is 15.1. The van der Waals surface area contributed by atoms with Crippen LogP contribution in [0.3, 0.4) is 0 Å². The van der Waals surface area contributed by atoms with Crippen LogP contribution in [-0.4, -0.2) is 17.3 Å². The number of aryl methyl sites for hydroxylation is 1. The van der Waals surface area contributed by atoms with Crippen molar-refractivity contribution in [3.8, 4) is 0 Å². The molecule has 1 rings (SSSR count). The molecule has 2 unspecified atom stereocenters. The molecule has 0 saturated heterocycles. The van der Waals surface area contributed by atoms with E-state index in [0.717, 1.165) is 0 Å². The normalized spacial score (nSPS) is 16.4. The molecule has 0 saturated carbocycles. The number of ether oxygens (including phenoxy) is 1. The Morgan fingerprint density at radius 3 is 2.39 bits per heavy atom. The molecular weight excluding hydrogens is 238 g/mol. The highest BCUT2D eigenvalue weighted by atomic mass is 19.2. The molecule has 0 amide bonds. The van der Waals surface area contributed by atoms with E-state index in [0.29, 0.717) is 13.0 Å².